The van der Waals surface area contributed by atoms with Crippen molar-refractivity contribution in [3.8, 4) is 0 Å². The van der Waals surface area contributed by atoms with Gasteiger partial charge < -0.3 is 0 Å². The molecule has 0 unspecified atom stereocenters. The lowest BCUT2D eigenvalue weighted by atomic mass is 10.1. The second kappa shape index (κ2) is 7.27. The summed E-state index contributed by atoms with van der Waals surface area (Å²) in [6, 6.07) is 13.9. The van der Waals surface area contributed by atoms with Crippen molar-refractivity contribution in [1.29, 1.82) is 0 Å². The van der Waals surface area contributed by atoms with Crippen LogP contribution in [-0.2, 0) is 22.3 Å². The third kappa shape index (κ3) is 4.71. The molecule has 0 aliphatic heterocycles. The van der Waals surface area contributed by atoms with Crippen molar-refractivity contribution < 1.29 is 8.42 Å². The molecule has 3 nitrogen and oxygen atoms in total. The molecule has 0 aromatic heterocycles. The van der Waals surface area contributed by atoms with Crippen molar-refractivity contribution in [3.05, 3.63) is 64.7 Å². The van der Waals surface area contributed by atoms with E-state index in [-0.39, 0.29) is 4.90 Å². The molecule has 2 rings (SSSR count). The van der Waals surface area contributed by atoms with Crippen LogP contribution in [-0.4, -0.2) is 15.0 Å². The Labute approximate surface area is 135 Å². The van der Waals surface area contributed by atoms with Crippen LogP contribution >= 0.6 is 23.2 Å². The van der Waals surface area contributed by atoms with Crippen molar-refractivity contribution in [3.63, 3.8) is 0 Å². The predicted molar refractivity (Wildman–Crippen MR) is 86.3 cm³/mol. The first-order chi connectivity index (χ1) is 10.0. The normalized spacial score (nSPS) is 11.5. The fraction of sp³-hybridized carbons (Fsp3) is 0.200. The predicted octanol–water partition coefficient (Wildman–Crippen LogP) is 3.60. The van der Waals surface area contributed by atoms with Crippen LogP contribution in [0.3, 0.4) is 0 Å². The molecule has 0 aliphatic carbocycles. The van der Waals surface area contributed by atoms with E-state index in [0.717, 1.165) is 11.1 Å². The Bertz CT molecular complexity index is 683. The third-order valence-corrected chi connectivity index (χ3v) is 5.04. The van der Waals surface area contributed by atoms with Gasteiger partial charge in [-0.1, -0.05) is 35.9 Å². The Morgan fingerprint density at radius 2 is 1.48 bits per heavy atom. The van der Waals surface area contributed by atoms with Crippen LogP contribution in [0.25, 0.3) is 0 Å². The summed E-state index contributed by atoms with van der Waals surface area (Å²) in [6.07, 6.45) is 0.620. The molecule has 0 aliphatic rings. The number of hydrogen-bond donors (Lipinski definition) is 1. The number of benzene rings is 2. The summed E-state index contributed by atoms with van der Waals surface area (Å²) < 4.78 is 26.7. The number of halogens is 2. The van der Waals surface area contributed by atoms with E-state index in [4.69, 9.17) is 23.2 Å². The molecule has 0 spiro atoms. The molecule has 0 heterocycles. The Hall–Kier alpha value is -1.07. The summed E-state index contributed by atoms with van der Waals surface area (Å²) in [4.78, 5) is 0.212. The van der Waals surface area contributed by atoms with Crippen molar-refractivity contribution in [2.24, 2.45) is 0 Å². The first-order valence-corrected chi connectivity index (χ1v) is 8.80. The standard InChI is InChI=1S/C15H15Cl2NO2S/c16-11-13-3-1-12(2-4-13)9-10-18-21(19,20)15-7-5-14(17)6-8-15/h1-8,18H,9-11H2. The number of hydrogen-bond acceptors (Lipinski definition) is 2. The van der Waals surface area contributed by atoms with Crippen LogP contribution in [0, 0.1) is 0 Å². The lowest BCUT2D eigenvalue weighted by Crippen LogP contribution is -2.25. The largest absolute Gasteiger partial charge is 0.240 e. The maximum Gasteiger partial charge on any atom is 0.240 e. The van der Waals surface area contributed by atoms with Crippen molar-refractivity contribution in [2.45, 2.75) is 17.2 Å². The maximum absolute atomic E-state index is 12.1. The van der Waals surface area contributed by atoms with Gasteiger partial charge in [-0.3, -0.25) is 0 Å². The van der Waals surface area contributed by atoms with Gasteiger partial charge in [0.15, 0.2) is 0 Å². The molecule has 0 amide bonds. The molecule has 6 heteroatoms. The zero-order chi connectivity index (χ0) is 15.3. The second-order valence-electron chi connectivity index (χ2n) is 4.55. The van der Waals surface area contributed by atoms with Crippen LogP contribution in [0.15, 0.2) is 53.4 Å². The minimum absolute atomic E-state index is 0.212. The van der Waals surface area contributed by atoms with E-state index in [1.807, 2.05) is 24.3 Å². The molecule has 2 aromatic rings. The quantitative estimate of drug-likeness (QED) is 0.814. The molecular formula is C15H15Cl2NO2S. The smallest absolute Gasteiger partial charge is 0.211 e. The summed E-state index contributed by atoms with van der Waals surface area (Å²) in [6.45, 7) is 0.338. The van der Waals surface area contributed by atoms with Gasteiger partial charge in [0.1, 0.15) is 0 Å². The highest BCUT2D eigenvalue weighted by atomic mass is 35.5. The van der Waals surface area contributed by atoms with Gasteiger partial charge >= 0.3 is 0 Å². The van der Waals surface area contributed by atoms with Crippen LogP contribution in [0.5, 0.6) is 0 Å². The minimum atomic E-state index is -3.49. The Kier molecular flexibility index (Phi) is 5.65. The molecule has 1 N–H and O–H groups in total. The van der Waals surface area contributed by atoms with E-state index in [0.29, 0.717) is 23.9 Å². The summed E-state index contributed by atoms with van der Waals surface area (Å²) in [5.41, 5.74) is 2.10. The highest BCUT2D eigenvalue weighted by molar-refractivity contribution is 7.89. The van der Waals surface area contributed by atoms with E-state index in [9.17, 15) is 8.42 Å². The van der Waals surface area contributed by atoms with Crippen LogP contribution < -0.4 is 4.72 Å². The van der Waals surface area contributed by atoms with Gasteiger partial charge in [0.2, 0.25) is 10.0 Å². The van der Waals surface area contributed by atoms with E-state index in [2.05, 4.69) is 4.72 Å². The van der Waals surface area contributed by atoms with Gasteiger partial charge in [0.05, 0.1) is 4.90 Å². The van der Waals surface area contributed by atoms with Gasteiger partial charge in [0, 0.05) is 17.4 Å². The lowest BCUT2D eigenvalue weighted by Gasteiger charge is -2.07. The zero-order valence-electron chi connectivity index (χ0n) is 11.2. The summed E-state index contributed by atoms with van der Waals surface area (Å²) >= 11 is 11.5. The fourth-order valence-corrected chi connectivity index (χ4v) is 3.16. The van der Waals surface area contributed by atoms with Crippen molar-refractivity contribution >= 4 is 33.2 Å². The highest BCUT2D eigenvalue weighted by Crippen LogP contribution is 2.14. The van der Waals surface area contributed by atoms with Gasteiger partial charge in [-0.2, -0.15) is 0 Å². The number of nitrogens with one attached hydrogen (secondary N) is 1. The number of alkyl halides is 1. The van der Waals surface area contributed by atoms with E-state index in [1.165, 1.54) is 12.1 Å². The molecule has 2 aromatic carbocycles. The molecule has 112 valence electrons. The van der Waals surface area contributed by atoms with Crippen LogP contribution in [0.4, 0.5) is 0 Å². The monoisotopic (exact) mass is 343 g/mol. The van der Waals surface area contributed by atoms with Crippen molar-refractivity contribution in [1.82, 2.24) is 4.72 Å². The molecule has 0 fully saturated rings. The second-order valence-corrected chi connectivity index (χ2v) is 7.02. The van der Waals surface area contributed by atoms with Gasteiger partial charge in [0.25, 0.3) is 0 Å². The fourth-order valence-electron chi connectivity index (χ4n) is 1.82. The molecule has 21 heavy (non-hydrogen) atoms. The van der Waals surface area contributed by atoms with Crippen molar-refractivity contribution in [2.75, 3.05) is 6.54 Å². The average Bonchev–Trinajstić information content (AvgIpc) is 2.48. The Morgan fingerprint density at radius 3 is 2.05 bits per heavy atom. The topological polar surface area (TPSA) is 46.2 Å². The molecule has 0 saturated carbocycles. The first-order valence-electron chi connectivity index (χ1n) is 6.40. The Morgan fingerprint density at radius 1 is 0.905 bits per heavy atom. The SMILES string of the molecule is O=S(=O)(NCCc1ccc(CCl)cc1)c1ccc(Cl)cc1. The molecular weight excluding hydrogens is 329 g/mol. The zero-order valence-corrected chi connectivity index (χ0v) is 13.5. The van der Waals surface area contributed by atoms with E-state index >= 15 is 0 Å². The summed E-state index contributed by atoms with van der Waals surface area (Å²) in [5, 5.41) is 0.508. The van der Waals surface area contributed by atoms with Gasteiger partial charge in [-0.05, 0) is 41.8 Å². The number of rotatable bonds is 6. The minimum Gasteiger partial charge on any atom is -0.211 e. The molecule has 0 saturated heterocycles. The van der Waals surface area contributed by atoms with Crippen LogP contribution in [0.1, 0.15) is 11.1 Å². The summed E-state index contributed by atoms with van der Waals surface area (Å²) in [5.74, 6) is 0.476. The van der Waals surface area contributed by atoms with Gasteiger partial charge in [-0.15, -0.1) is 11.6 Å². The number of sulfonamides is 1. The van der Waals surface area contributed by atoms with E-state index in [1.54, 1.807) is 12.1 Å². The average molecular weight is 344 g/mol. The molecule has 0 atom stereocenters. The maximum atomic E-state index is 12.1. The Balaban J connectivity index is 1.93. The highest BCUT2D eigenvalue weighted by Gasteiger charge is 2.12. The molecule has 0 bridgehead atoms. The first kappa shape index (κ1) is 16.3. The van der Waals surface area contributed by atoms with Crippen LogP contribution in [0.2, 0.25) is 5.02 Å². The third-order valence-electron chi connectivity index (χ3n) is 3.01. The van der Waals surface area contributed by atoms with E-state index < -0.39 is 10.0 Å². The molecule has 0 radical (unpaired) electrons. The lowest BCUT2D eigenvalue weighted by molar-refractivity contribution is 0.581. The summed E-state index contributed by atoms with van der Waals surface area (Å²) in [7, 11) is -3.49. The van der Waals surface area contributed by atoms with Gasteiger partial charge in [-0.25, -0.2) is 13.1 Å².